The quantitative estimate of drug-likeness (QED) is 0.853. The van der Waals surface area contributed by atoms with E-state index in [1.54, 1.807) is 0 Å². The smallest absolute Gasteiger partial charge is 0.186 e. The van der Waals surface area contributed by atoms with E-state index in [4.69, 9.17) is 0 Å². The van der Waals surface area contributed by atoms with Crippen molar-refractivity contribution in [2.24, 2.45) is 0 Å². The molecule has 5 heteroatoms. The van der Waals surface area contributed by atoms with Crippen LogP contribution in [-0.2, 0) is 0 Å². The molecule has 1 aliphatic rings. The predicted molar refractivity (Wildman–Crippen MR) is 74.4 cm³/mol. The molecule has 1 saturated heterocycles. The molecule has 0 aromatic carbocycles. The second kappa shape index (κ2) is 7.11. The molecule has 0 bridgehead atoms. The van der Waals surface area contributed by atoms with Crippen LogP contribution in [0, 0.1) is 0 Å². The molecule has 1 aromatic heterocycles. The van der Waals surface area contributed by atoms with Gasteiger partial charge in [0.1, 0.15) is 0 Å². The summed E-state index contributed by atoms with van der Waals surface area (Å²) < 4.78 is 0. The Morgan fingerprint density at radius 2 is 2.24 bits per heavy atom. The summed E-state index contributed by atoms with van der Waals surface area (Å²) in [4.78, 5) is 15.0. The van der Waals surface area contributed by atoms with Crippen LogP contribution in [0.3, 0.4) is 0 Å². The van der Waals surface area contributed by atoms with E-state index in [9.17, 15) is 4.79 Å². The molecule has 0 saturated carbocycles. The summed E-state index contributed by atoms with van der Waals surface area (Å²) in [7, 11) is 2.01. The Bertz CT molecular complexity index is 334. The van der Waals surface area contributed by atoms with Crippen LogP contribution in [0.4, 0.5) is 0 Å². The van der Waals surface area contributed by atoms with Crippen LogP contribution in [0.5, 0.6) is 0 Å². The molecule has 1 fully saturated rings. The first-order chi connectivity index (χ1) is 7.79. The van der Waals surface area contributed by atoms with Gasteiger partial charge in [0.05, 0.1) is 11.4 Å². The summed E-state index contributed by atoms with van der Waals surface area (Å²) in [5.41, 5.74) is 0. The second-order valence-electron chi connectivity index (χ2n) is 4.24. The number of thiophene rings is 1. The molecule has 0 unspecified atom stereocenters. The van der Waals surface area contributed by atoms with Crippen LogP contribution in [-0.4, -0.2) is 43.4 Å². The minimum Gasteiger partial charge on any atom is -0.317 e. The number of halogens is 1. The van der Waals surface area contributed by atoms with E-state index in [0.717, 1.165) is 30.8 Å². The van der Waals surface area contributed by atoms with Gasteiger partial charge >= 0.3 is 0 Å². The molecule has 2 rings (SSSR count). The standard InChI is InChI=1S/C12H18N2OS.ClH/c1-13-10-4-6-14(7-5-10)9-11(15)12-3-2-8-16-12;/h2-3,8,10,13H,4-7,9H2,1H3;1H. The molecule has 0 aliphatic carbocycles. The van der Waals surface area contributed by atoms with Gasteiger partial charge in [-0.1, -0.05) is 6.07 Å². The number of rotatable bonds is 4. The third kappa shape index (κ3) is 4.07. The summed E-state index contributed by atoms with van der Waals surface area (Å²) in [5, 5.41) is 5.25. The van der Waals surface area contributed by atoms with Crippen LogP contribution in [0.25, 0.3) is 0 Å². The number of piperidine rings is 1. The third-order valence-corrected chi connectivity index (χ3v) is 4.07. The number of nitrogens with one attached hydrogen (secondary N) is 1. The Morgan fingerprint density at radius 3 is 2.76 bits per heavy atom. The molecule has 3 nitrogen and oxygen atoms in total. The van der Waals surface area contributed by atoms with Gasteiger partial charge in [-0.25, -0.2) is 0 Å². The zero-order valence-electron chi connectivity index (χ0n) is 10.0. The van der Waals surface area contributed by atoms with Crippen LogP contribution in [0.1, 0.15) is 22.5 Å². The lowest BCUT2D eigenvalue weighted by atomic mass is 10.1. The molecule has 1 N–H and O–H groups in total. The molecule has 1 aromatic rings. The molecule has 17 heavy (non-hydrogen) atoms. The number of hydrogen-bond donors (Lipinski definition) is 1. The first-order valence-corrected chi connectivity index (χ1v) is 6.64. The van der Waals surface area contributed by atoms with Crippen LogP contribution >= 0.6 is 23.7 Å². The molecule has 0 atom stereocenters. The zero-order valence-corrected chi connectivity index (χ0v) is 11.6. The van der Waals surface area contributed by atoms with Crippen molar-refractivity contribution >= 4 is 29.5 Å². The zero-order chi connectivity index (χ0) is 11.4. The van der Waals surface area contributed by atoms with Gasteiger partial charge < -0.3 is 5.32 Å². The number of Topliss-reactive ketones (excluding diaryl/α,β-unsaturated/α-hetero) is 1. The SMILES string of the molecule is CNC1CCN(CC(=O)c2cccs2)CC1.Cl. The van der Waals surface area contributed by atoms with Crippen LogP contribution in [0.15, 0.2) is 17.5 Å². The first kappa shape index (κ1) is 14.6. The molecule has 1 aliphatic heterocycles. The normalized spacial score (nSPS) is 17.7. The summed E-state index contributed by atoms with van der Waals surface area (Å²) in [5.74, 6) is 0.262. The molecule has 0 radical (unpaired) electrons. The fourth-order valence-corrected chi connectivity index (χ4v) is 2.75. The summed E-state index contributed by atoms with van der Waals surface area (Å²) >= 11 is 1.54. The number of carbonyl (C=O) groups is 1. The average molecular weight is 275 g/mol. The number of nitrogens with zero attached hydrogens (tertiary/aromatic N) is 1. The van der Waals surface area contributed by atoms with E-state index >= 15 is 0 Å². The second-order valence-corrected chi connectivity index (χ2v) is 5.19. The van der Waals surface area contributed by atoms with Crippen LogP contribution < -0.4 is 5.32 Å². The van der Waals surface area contributed by atoms with Crippen molar-refractivity contribution in [1.82, 2.24) is 10.2 Å². The highest BCUT2D eigenvalue weighted by Crippen LogP contribution is 2.13. The molecule has 96 valence electrons. The highest BCUT2D eigenvalue weighted by Gasteiger charge is 2.20. The van der Waals surface area contributed by atoms with Gasteiger partial charge in [0, 0.05) is 19.1 Å². The van der Waals surface area contributed by atoms with Gasteiger partial charge in [-0.2, -0.15) is 0 Å². The Kier molecular flexibility index (Phi) is 6.12. The van der Waals surface area contributed by atoms with Gasteiger partial charge in [0.2, 0.25) is 0 Å². The fraction of sp³-hybridized carbons (Fsp3) is 0.583. The van der Waals surface area contributed by atoms with Gasteiger partial charge in [-0.05, 0) is 31.3 Å². The maximum absolute atomic E-state index is 11.9. The number of likely N-dealkylation sites (tertiary alicyclic amines) is 1. The Labute approximate surface area is 113 Å². The molecular formula is C12H19ClN2OS. The van der Waals surface area contributed by atoms with E-state index in [2.05, 4.69) is 10.2 Å². The summed E-state index contributed by atoms with van der Waals surface area (Å²) in [6.07, 6.45) is 2.29. The lowest BCUT2D eigenvalue weighted by Gasteiger charge is -2.31. The number of hydrogen-bond acceptors (Lipinski definition) is 4. The van der Waals surface area contributed by atoms with Crippen molar-refractivity contribution in [3.63, 3.8) is 0 Å². The average Bonchev–Trinajstić information content (AvgIpc) is 2.83. The highest BCUT2D eigenvalue weighted by molar-refractivity contribution is 7.12. The largest absolute Gasteiger partial charge is 0.317 e. The van der Waals surface area contributed by atoms with E-state index in [1.165, 1.54) is 11.3 Å². The topological polar surface area (TPSA) is 32.3 Å². The van der Waals surface area contributed by atoms with Crippen molar-refractivity contribution in [3.05, 3.63) is 22.4 Å². The third-order valence-electron chi connectivity index (χ3n) is 3.16. The van der Waals surface area contributed by atoms with Gasteiger partial charge in [-0.15, -0.1) is 23.7 Å². The lowest BCUT2D eigenvalue weighted by Crippen LogP contribution is -2.43. The van der Waals surface area contributed by atoms with Crippen molar-refractivity contribution < 1.29 is 4.79 Å². The Morgan fingerprint density at radius 1 is 1.53 bits per heavy atom. The minimum atomic E-state index is 0. The highest BCUT2D eigenvalue weighted by atomic mass is 35.5. The maximum Gasteiger partial charge on any atom is 0.186 e. The van der Waals surface area contributed by atoms with E-state index in [1.807, 2.05) is 24.6 Å². The van der Waals surface area contributed by atoms with E-state index in [-0.39, 0.29) is 18.2 Å². The predicted octanol–water partition coefficient (Wildman–Crippen LogP) is 2.04. The van der Waals surface area contributed by atoms with Gasteiger partial charge in [0.15, 0.2) is 5.78 Å². The summed E-state index contributed by atoms with van der Waals surface area (Å²) in [6, 6.07) is 4.48. The summed E-state index contributed by atoms with van der Waals surface area (Å²) in [6.45, 7) is 2.64. The van der Waals surface area contributed by atoms with Gasteiger partial charge in [-0.3, -0.25) is 9.69 Å². The van der Waals surface area contributed by atoms with Gasteiger partial charge in [0.25, 0.3) is 0 Å². The van der Waals surface area contributed by atoms with E-state index < -0.39 is 0 Å². The van der Waals surface area contributed by atoms with Crippen molar-refractivity contribution in [1.29, 1.82) is 0 Å². The minimum absolute atomic E-state index is 0. The fourth-order valence-electron chi connectivity index (χ4n) is 2.10. The number of ketones is 1. The number of carbonyl (C=O) groups excluding carboxylic acids is 1. The van der Waals surface area contributed by atoms with Crippen LogP contribution in [0.2, 0.25) is 0 Å². The van der Waals surface area contributed by atoms with Crippen molar-refractivity contribution in [2.75, 3.05) is 26.7 Å². The Hall–Kier alpha value is -0.420. The maximum atomic E-state index is 11.9. The molecule has 2 heterocycles. The lowest BCUT2D eigenvalue weighted by molar-refractivity contribution is 0.0910. The molecule has 0 amide bonds. The molecular weight excluding hydrogens is 256 g/mol. The Balaban J connectivity index is 0.00000144. The molecule has 0 spiro atoms. The van der Waals surface area contributed by atoms with Crippen molar-refractivity contribution in [3.8, 4) is 0 Å². The van der Waals surface area contributed by atoms with E-state index in [0.29, 0.717) is 12.6 Å². The first-order valence-electron chi connectivity index (χ1n) is 5.76. The monoisotopic (exact) mass is 274 g/mol. The van der Waals surface area contributed by atoms with Crippen molar-refractivity contribution in [2.45, 2.75) is 18.9 Å².